The van der Waals surface area contributed by atoms with E-state index in [1.807, 2.05) is 13.8 Å². The van der Waals surface area contributed by atoms with Crippen molar-refractivity contribution in [2.75, 3.05) is 30.6 Å². The van der Waals surface area contributed by atoms with Crippen LogP contribution in [0.2, 0.25) is 0 Å². The number of alkyl halides is 6. The van der Waals surface area contributed by atoms with Gasteiger partial charge in [-0.3, -0.25) is 45.7 Å². The van der Waals surface area contributed by atoms with Crippen LogP contribution < -0.4 is 21.3 Å². The number of aromatic nitrogens is 4. The van der Waals surface area contributed by atoms with Gasteiger partial charge < -0.3 is 4.84 Å². The number of nitrogens with zero attached hydrogens (tertiary/aromatic N) is 7. The number of amides is 4. The van der Waals surface area contributed by atoms with Crippen molar-refractivity contribution >= 4 is 42.5 Å². The zero-order chi connectivity index (χ0) is 39.8. The first kappa shape index (κ1) is 43.8. The van der Waals surface area contributed by atoms with Crippen LogP contribution in [-0.2, 0) is 36.4 Å². The zero-order valence-electron chi connectivity index (χ0n) is 28.9. The highest BCUT2D eigenvalue weighted by atomic mass is 19.4. The van der Waals surface area contributed by atoms with Crippen molar-refractivity contribution in [1.82, 2.24) is 40.9 Å². The lowest BCUT2D eigenvalue weighted by Crippen LogP contribution is -2.46. The summed E-state index contributed by atoms with van der Waals surface area (Å²) >= 11 is 0. The largest absolute Gasteiger partial charge is 0.434 e. The van der Waals surface area contributed by atoms with Crippen LogP contribution in [-0.4, -0.2) is 86.0 Å². The molecule has 4 amide bonds. The van der Waals surface area contributed by atoms with Crippen LogP contribution >= 0.6 is 0 Å². The van der Waals surface area contributed by atoms with Gasteiger partial charge in [-0.05, 0) is 18.9 Å². The molecule has 2 aromatic heterocycles. The number of hydrazine groups is 2. The molecule has 2 atom stereocenters. The molecule has 294 valence electrons. The zero-order valence-corrected chi connectivity index (χ0v) is 28.9. The lowest BCUT2D eigenvalue weighted by Gasteiger charge is -2.26. The molecule has 4 N–H and O–H groups in total. The maximum absolute atomic E-state index is 14.0. The molecule has 0 saturated heterocycles. The summed E-state index contributed by atoms with van der Waals surface area (Å²) in [5, 5.41) is 10.8. The Labute approximate surface area is 299 Å². The Morgan fingerprint density at radius 2 is 1.51 bits per heavy atom. The molecule has 53 heavy (non-hydrogen) atoms. The SMILES string of the molecule is CCCCC[C@H](CN(O)C=O)C(=O)NNc1ncc(C(=O)ON(C=O)C[C@@H](CCCCC)C(=O)NN(C)c2nccc(C(F)(F)F)n2)c(C(F)(F)F)n1. The van der Waals surface area contributed by atoms with E-state index >= 15 is 0 Å². The molecule has 2 rings (SSSR count). The third-order valence-corrected chi connectivity index (χ3v) is 7.39. The molecule has 0 radical (unpaired) electrons. The lowest BCUT2D eigenvalue weighted by atomic mass is 10.0. The molecule has 0 aliphatic heterocycles. The number of nitrogens with one attached hydrogen (secondary N) is 3. The van der Waals surface area contributed by atoms with Crippen molar-refractivity contribution < 1.29 is 60.4 Å². The van der Waals surface area contributed by atoms with Crippen LogP contribution in [0.25, 0.3) is 0 Å². The van der Waals surface area contributed by atoms with Crippen LogP contribution in [0.15, 0.2) is 18.5 Å². The van der Waals surface area contributed by atoms with Crippen molar-refractivity contribution in [3.8, 4) is 0 Å². The number of rotatable bonds is 22. The van der Waals surface area contributed by atoms with Gasteiger partial charge in [-0.25, -0.2) is 29.8 Å². The highest BCUT2D eigenvalue weighted by Crippen LogP contribution is 2.31. The van der Waals surface area contributed by atoms with E-state index in [-0.39, 0.29) is 35.8 Å². The molecule has 0 spiro atoms. The number of anilines is 2. The van der Waals surface area contributed by atoms with E-state index in [0.717, 1.165) is 31.1 Å². The predicted molar refractivity (Wildman–Crippen MR) is 170 cm³/mol. The van der Waals surface area contributed by atoms with Gasteiger partial charge >= 0.3 is 18.3 Å². The summed E-state index contributed by atoms with van der Waals surface area (Å²) in [6.45, 7) is 2.68. The number of carbonyl (C=O) groups excluding carboxylic acids is 5. The number of halogens is 6. The molecule has 0 aromatic carbocycles. The molecule has 0 aliphatic rings. The van der Waals surface area contributed by atoms with E-state index in [9.17, 15) is 55.5 Å². The Balaban J connectivity index is 2.22. The summed E-state index contributed by atoms with van der Waals surface area (Å²) in [5.74, 6) is -6.90. The first-order valence-electron chi connectivity index (χ1n) is 16.2. The van der Waals surface area contributed by atoms with Crippen molar-refractivity contribution in [3.63, 3.8) is 0 Å². The predicted octanol–water partition coefficient (Wildman–Crippen LogP) is 3.69. The number of unbranched alkanes of at least 4 members (excludes halogenated alkanes) is 4. The smallest absolute Gasteiger partial charge is 0.333 e. The molecular weight excluding hydrogens is 726 g/mol. The normalized spacial score (nSPS) is 12.6. The highest BCUT2D eigenvalue weighted by molar-refractivity contribution is 5.91. The number of hydroxylamine groups is 4. The Kier molecular flexibility index (Phi) is 17.1. The summed E-state index contributed by atoms with van der Waals surface area (Å²) in [6, 6.07) is 0.621. The number of hydrogen-bond donors (Lipinski definition) is 4. The Morgan fingerprint density at radius 1 is 0.887 bits per heavy atom. The minimum absolute atomic E-state index is 0.0623. The van der Waals surface area contributed by atoms with Crippen molar-refractivity contribution in [2.45, 2.75) is 77.6 Å². The molecular formula is C30H40F6N10O7. The summed E-state index contributed by atoms with van der Waals surface area (Å²) < 4.78 is 81.4. The van der Waals surface area contributed by atoms with E-state index in [4.69, 9.17) is 4.84 Å². The van der Waals surface area contributed by atoms with Crippen LogP contribution in [0.3, 0.4) is 0 Å². The van der Waals surface area contributed by atoms with Gasteiger partial charge in [0.05, 0.1) is 24.9 Å². The first-order chi connectivity index (χ1) is 24.9. The van der Waals surface area contributed by atoms with Gasteiger partial charge in [-0.15, -0.1) is 0 Å². The fraction of sp³-hybridized carbons (Fsp3) is 0.567. The molecule has 23 heteroatoms. The first-order valence-corrected chi connectivity index (χ1v) is 16.2. The topological polar surface area (TPSA) is 212 Å². The van der Waals surface area contributed by atoms with Gasteiger partial charge in [0.15, 0.2) is 5.69 Å². The molecule has 0 unspecified atom stereocenters. The average molecular weight is 767 g/mol. The summed E-state index contributed by atoms with van der Waals surface area (Å²) in [4.78, 5) is 80.3. The van der Waals surface area contributed by atoms with Gasteiger partial charge in [0.25, 0.3) is 0 Å². The minimum Gasteiger partial charge on any atom is -0.333 e. The molecule has 2 aromatic rings. The second-order valence-corrected chi connectivity index (χ2v) is 11.5. The van der Waals surface area contributed by atoms with Crippen molar-refractivity contribution in [3.05, 3.63) is 35.4 Å². The molecule has 0 saturated carbocycles. The van der Waals surface area contributed by atoms with E-state index in [2.05, 4.69) is 36.2 Å². The van der Waals surface area contributed by atoms with Crippen LogP contribution in [0.4, 0.5) is 38.2 Å². The van der Waals surface area contributed by atoms with Gasteiger partial charge in [-0.1, -0.05) is 52.4 Å². The third-order valence-electron chi connectivity index (χ3n) is 7.39. The summed E-state index contributed by atoms with van der Waals surface area (Å²) in [7, 11) is 1.15. The molecule has 0 fully saturated rings. The number of carbonyl (C=O) groups is 5. The highest BCUT2D eigenvalue weighted by Gasteiger charge is 2.40. The van der Waals surface area contributed by atoms with E-state index < -0.39 is 83.9 Å². The summed E-state index contributed by atoms with van der Waals surface area (Å²) in [5.41, 5.74) is 2.15. The Hall–Kier alpha value is -5.35. The van der Waals surface area contributed by atoms with Gasteiger partial charge in [0.1, 0.15) is 11.3 Å². The van der Waals surface area contributed by atoms with Crippen LogP contribution in [0, 0.1) is 11.8 Å². The Morgan fingerprint density at radius 3 is 2.06 bits per heavy atom. The average Bonchev–Trinajstić information content (AvgIpc) is 3.11. The fourth-order valence-electron chi connectivity index (χ4n) is 4.64. The molecule has 17 nitrogen and oxygen atoms in total. The minimum atomic E-state index is -5.29. The van der Waals surface area contributed by atoms with Gasteiger partial charge in [-0.2, -0.15) is 31.4 Å². The third kappa shape index (κ3) is 14.3. The monoisotopic (exact) mass is 766 g/mol. The molecule has 2 heterocycles. The quantitative estimate of drug-likeness (QED) is 0.0444. The Bertz CT molecular complexity index is 1540. The van der Waals surface area contributed by atoms with Crippen LogP contribution in [0.5, 0.6) is 0 Å². The second-order valence-electron chi connectivity index (χ2n) is 11.5. The van der Waals surface area contributed by atoms with Crippen LogP contribution in [0.1, 0.15) is 87.0 Å². The maximum Gasteiger partial charge on any atom is 0.434 e. The lowest BCUT2D eigenvalue weighted by molar-refractivity contribution is -0.158. The second kappa shape index (κ2) is 20.6. The summed E-state index contributed by atoms with van der Waals surface area (Å²) in [6.07, 6.45) is -4.75. The maximum atomic E-state index is 14.0. The van der Waals surface area contributed by atoms with Gasteiger partial charge in [0.2, 0.25) is 36.5 Å². The number of hydrogen-bond acceptors (Lipinski definition) is 13. The van der Waals surface area contributed by atoms with Gasteiger partial charge in [0, 0.05) is 19.4 Å². The van der Waals surface area contributed by atoms with Crippen molar-refractivity contribution in [2.24, 2.45) is 11.8 Å². The van der Waals surface area contributed by atoms with Crippen molar-refractivity contribution in [1.29, 1.82) is 0 Å². The molecule has 0 bridgehead atoms. The fourth-order valence-corrected chi connectivity index (χ4v) is 4.64. The van der Waals surface area contributed by atoms with E-state index in [1.165, 1.54) is 0 Å². The van der Waals surface area contributed by atoms with E-state index in [0.29, 0.717) is 37.9 Å². The molecule has 0 aliphatic carbocycles. The standard InChI is InChI=1S/C30H40F6N10O7/c1-4-6-8-10-19(15-45(52)17-47)24(49)41-42-27-38-14-21(23(40-27)30(34,35)36)26(51)53-46(18-48)16-20(11-9-7-5-2)25(50)43-44(3)28-37-13-12-22(39-28)29(31,32)33/h12-14,17-20,52H,4-11,15-16H2,1-3H3,(H,41,49)(H,43,50)(H,38,40,42)/t19-,20-/m1/s1. The van der Waals surface area contributed by atoms with E-state index in [1.54, 1.807) is 0 Å².